The molecule has 4 rings (SSSR count). The van der Waals surface area contributed by atoms with Gasteiger partial charge in [-0.2, -0.15) is 11.8 Å². The molecule has 1 amide bonds. The first-order valence-corrected chi connectivity index (χ1v) is 11.6. The van der Waals surface area contributed by atoms with Gasteiger partial charge in [-0.3, -0.25) is 9.59 Å². The molecule has 0 saturated heterocycles. The molecule has 1 saturated carbocycles. The minimum absolute atomic E-state index is 0.0000385. The molecule has 26 heavy (non-hydrogen) atoms. The summed E-state index contributed by atoms with van der Waals surface area (Å²) in [5.74, 6) is 2.27. The number of hydrogen-bond donors (Lipinski definition) is 2. The molecule has 0 atom stereocenters. The van der Waals surface area contributed by atoms with Crippen LogP contribution < -0.4 is 10.9 Å². The summed E-state index contributed by atoms with van der Waals surface area (Å²) in [4.78, 5) is 34.3. The Hall–Kier alpha value is -1.34. The number of hydrogen-bond acceptors (Lipinski definition) is 5. The van der Waals surface area contributed by atoms with Gasteiger partial charge in [0.05, 0.1) is 11.1 Å². The summed E-state index contributed by atoms with van der Waals surface area (Å²) in [6.45, 7) is 0. The van der Waals surface area contributed by atoms with Crippen molar-refractivity contribution in [3.63, 3.8) is 0 Å². The first kappa shape index (κ1) is 18.0. The van der Waals surface area contributed by atoms with Gasteiger partial charge in [-0.05, 0) is 37.7 Å². The minimum atomic E-state index is 0.0000385. The third-order valence-electron chi connectivity index (χ3n) is 5.31. The number of aromatic amines is 1. The maximum Gasteiger partial charge on any atom is 0.259 e. The molecule has 0 aliphatic heterocycles. The average molecular weight is 392 g/mol. The standard InChI is InChI=1S/C19H25N3O2S2/c23-16(20-12-5-2-1-3-6-12)9-10-25-11-15-21-18(24)17-13-7-4-8-14(13)26-19(17)22-15/h12H,1-11H2,(H,20,23)(H,21,22,24). The summed E-state index contributed by atoms with van der Waals surface area (Å²) < 4.78 is 0. The van der Waals surface area contributed by atoms with E-state index in [-0.39, 0.29) is 11.5 Å². The van der Waals surface area contributed by atoms with Crippen molar-refractivity contribution in [1.29, 1.82) is 0 Å². The molecule has 0 unspecified atom stereocenters. The van der Waals surface area contributed by atoms with Crippen LogP contribution >= 0.6 is 23.1 Å². The fourth-order valence-corrected chi connectivity index (χ4v) is 6.08. The van der Waals surface area contributed by atoms with Crippen molar-refractivity contribution in [1.82, 2.24) is 15.3 Å². The van der Waals surface area contributed by atoms with Crippen molar-refractivity contribution in [2.75, 3.05) is 5.75 Å². The minimum Gasteiger partial charge on any atom is -0.353 e. The summed E-state index contributed by atoms with van der Waals surface area (Å²) in [5.41, 5.74) is 1.22. The van der Waals surface area contributed by atoms with Crippen LogP contribution in [0.15, 0.2) is 4.79 Å². The van der Waals surface area contributed by atoms with Crippen molar-refractivity contribution in [3.8, 4) is 0 Å². The molecule has 0 bridgehead atoms. The summed E-state index contributed by atoms with van der Waals surface area (Å²) in [7, 11) is 0. The summed E-state index contributed by atoms with van der Waals surface area (Å²) in [5, 5.41) is 3.96. The molecular weight excluding hydrogens is 366 g/mol. The smallest absolute Gasteiger partial charge is 0.259 e. The highest BCUT2D eigenvalue weighted by Crippen LogP contribution is 2.34. The van der Waals surface area contributed by atoms with Gasteiger partial charge in [-0.25, -0.2) is 4.98 Å². The number of aryl methyl sites for hydroxylation is 2. The Bertz CT molecular complexity index is 852. The molecule has 1 fully saturated rings. The molecule has 5 nitrogen and oxygen atoms in total. The summed E-state index contributed by atoms with van der Waals surface area (Å²) >= 11 is 3.33. The largest absolute Gasteiger partial charge is 0.353 e. The van der Waals surface area contributed by atoms with E-state index in [2.05, 4.69) is 15.3 Å². The molecule has 2 heterocycles. The van der Waals surface area contributed by atoms with E-state index in [9.17, 15) is 9.59 Å². The number of aromatic nitrogens is 2. The highest BCUT2D eigenvalue weighted by Gasteiger charge is 2.21. The third kappa shape index (κ3) is 3.98. The zero-order chi connectivity index (χ0) is 17.9. The van der Waals surface area contributed by atoms with Crippen molar-refractivity contribution in [2.45, 2.75) is 69.6 Å². The Kier molecular flexibility index (Phi) is 5.64. The fraction of sp³-hybridized carbons (Fsp3) is 0.632. The van der Waals surface area contributed by atoms with Crippen LogP contribution in [0.4, 0.5) is 0 Å². The molecular formula is C19H25N3O2S2. The second-order valence-electron chi connectivity index (χ2n) is 7.26. The van der Waals surface area contributed by atoms with E-state index in [1.54, 1.807) is 23.1 Å². The van der Waals surface area contributed by atoms with Crippen molar-refractivity contribution < 1.29 is 4.79 Å². The first-order chi connectivity index (χ1) is 12.7. The topological polar surface area (TPSA) is 74.8 Å². The molecule has 2 aromatic rings. The van der Waals surface area contributed by atoms with E-state index >= 15 is 0 Å². The number of amides is 1. The number of fused-ring (bicyclic) bond motifs is 3. The monoisotopic (exact) mass is 391 g/mol. The average Bonchev–Trinajstić information content (AvgIpc) is 3.20. The molecule has 0 aromatic carbocycles. The van der Waals surface area contributed by atoms with Crippen LogP contribution in [0.5, 0.6) is 0 Å². The number of nitrogens with one attached hydrogen (secondary N) is 2. The lowest BCUT2D eigenvalue weighted by molar-refractivity contribution is -0.121. The highest BCUT2D eigenvalue weighted by molar-refractivity contribution is 7.98. The molecule has 7 heteroatoms. The Labute approximate surface area is 161 Å². The lowest BCUT2D eigenvalue weighted by atomic mass is 9.95. The Morgan fingerprint density at radius 2 is 2.08 bits per heavy atom. The first-order valence-electron chi connectivity index (χ1n) is 9.61. The van der Waals surface area contributed by atoms with Gasteiger partial charge in [0.1, 0.15) is 10.7 Å². The summed E-state index contributed by atoms with van der Waals surface area (Å²) in [6, 6.07) is 0.377. The van der Waals surface area contributed by atoms with Crippen LogP contribution in [0.2, 0.25) is 0 Å². The number of H-pyrrole nitrogens is 1. The number of carbonyl (C=O) groups excluding carboxylic acids is 1. The maximum atomic E-state index is 12.4. The van der Waals surface area contributed by atoms with Crippen LogP contribution in [0.25, 0.3) is 10.2 Å². The van der Waals surface area contributed by atoms with Gasteiger partial charge in [0.25, 0.3) is 5.56 Å². The molecule has 2 N–H and O–H groups in total. The van der Waals surface area contributed by atoms with Crippen molar-refractivity contribution in [3.05, 3.63) is 26.6 Å². The maximum absolute atomic E-state index is 12.4. The van der Waals surface area contributed by atoms with E-state index in [0.29, 0.717) is 18.2 Å². The quantitative estimate of drug-likeness (QED) is 0.739. The van der Waals surface area contributed by atoms with Crippen molar-refractivity contribution >= 4 is 39.2 Å². The van der Waals surface area contributed by atoms with E-state index in [1.807, 2.05) is 0 Å². The van der Waals surface area contributed by atoms with Gasteiger partial charge in [0, 0.05) is 23.1 Å². The second-order valence-corrected chi connectivity index (χ2v) is 9.44. The van der Waals surface area contributed by atoms with Crippen molar-refractivity contribution in [2.24, 2.45) is 0 Å². The van der Waals surface area contributed by atoms with Gasteiger partial charge >= 0.3 is 0 Å². The van der Waals surface area contributed by atoms with E-state index in [4.69, 9.17) is 0 Å². The van der Waals surface area contributed by atoms with Crippen LogP contribution in [0.3, 0.4) is 0 Å². The van der Waals surface area contributed by atoms with Gasteiger partial charge < -0.3 is 10.3 Å². The van der Waals surface area contributed by atoms with Gasteiger partial charge in [-0.15, -0.1) is 11.3 Å². The SMILES string of the molecule is O=C(CCSCc1nc2sc3c(c2c(=O)[nH]1)CCC3)NC1CCCCC1. The lowest BCUT2D eigenvalue weighted by Crippen LogP contribution is -2.36. The number of thioether (sulfide) groups is 1. The van der Waals surface area contributed by atoms with E-state index < -0.39 is 0 Å². The highest BCUT2D eigenvalue weighted by atomic mass is 32.2. The normalized spacial score (nSPS) is 17.5. The molecule has 0 radical (unpaired) electrons. The van der Waals surface area contributed by atoms with E-state index in [1.165, 1.54) is 29.7 Å². The Morgan fingerprint density at radius 3 is 2.92 bits per heavy atom. The van der Waals surface area contributed by atoms with Crippen LogP contribution in [-0.4, -0.2) is 27.7 Å². The number of rotatable bonds is 6. The lowest BCUT2D eigenvalue weighted by Gasteiger charge is -2.22. The fourth-order valence-electron chi connectivity index (χ4n) is 4.00. The van der Waals surface area contributed by atoms with Crippen LogP contribution in [-0.2, 0) is 23.4 Å². The number of nitrogens with zero attached hydrogens (tertiary/aromatic N) is 1. The number of thiophene rings is 1. The van der Waals surface area contributed by atoms with Gasteiger partial charge in [0.15, 0.2) is 0 Å². The van der Waals surface area contributed by atoms with Gasteiger partial charge in [0.2, 0.25) is 5.91 Å². The number of carbonyl (C=O) groups is 1. The van der Waals surface area contributed by atoms with Crippen LogP contribution in [0, 0.1) is 0 Å². The van der Waals surface area contributed by atoms with Gasteiger partial charge in [-0.1, -0.05) is 19.3 Å². The summed E-state index contributed by atoms with van der Waals surface area (Å²) in [6.07, 6.45) is 9.76. The predicted molar refractivity (Wildman–Crippen MR) is 108 cm³/mol. The second kappa shape index (κ2) is 8.13. The Balaban J connectivity index is 1.28. The van der Waals surface area contributed by atoms with Crippen LogP contribution in [0.1, 0.15) is 61.2 Å². The zero-order valence-corrected chi connectivity index (χ0v) is 16.6. The molecule has 2 aromatic heterocycles. The third-order valence-corrected chi connectivity index (χ3v) is 7.46. The molecule has 2 aliphatic carbocycles. The predicted octanol–water partition coefficient (Wildman–Crippen LogP) is 3.55. The Morgan fingerprint density at radius 1 is 1.23 bits per heavy atom. The molecule has 2 aliphatic rings. The zero-order valence-electron chi connectivity index (χ0n) is 14.9. The molecule has 140 valence electrons. The van der Waals surface area contributed by atoms with E-state index in [0.717, 1.165) is 53.9 Å². The molecule has 0 spiro atoms.